The van der Waals surface area contributed by atoms with Crippen molar-refractivity contribution in [2.45, 2.75) is 24.8 Å². The second-order valence-corrected chi connectivity index (χ2v) is 7.78. The quantitative estimate of drug-likeness (QED) is 0.498. The number of amides is 2. The summed E-state index contributed by atoms with van der Waals surface area (Å²) in [6.07, 6.45) is -6.02. The van der Waals surface area contributed by atoms with E-state index in [1.54, 1.807) is 4.90 Å². The molecular weight excluding hydrogens is 478 g/mol. The van der Waals surface area contributed by atoms with Crippen molar-refractivity contribution in [1.29, 1.82) is 0 Å². The first-order valence-corrected chi connectivity index (χ1v) is 10.4. The molecule has 1 atom stereocenters. The third kappa shape index (κ3) is 5.97. The van der Waals surface area contributed by atoms with Crippen molar-refractivity contribution in [2.24, 2.45) is 0 Å². The van der Waals surface area contributed by atoms with Crippen LogP contribution in [0.1, 0.15) is 17.7 Å². The van der Waals surface area contributed by atoms with Gasteiger partial charge < -0.3 is 15.5 Å². The van der Waals surface area contributed by atoms with Crippen molar-refractivity contribution >= 4 is 17.5 Å². The monoisotopic (exact) mass is 496 g/mol. The number of pyridine rings is 1. The molecule has 7 nitrogen and oxygen atoms in total. The summed E-state index contributed by atoms with van der Waals surface area (Å²) in [5, 5.41) is 4.98. The number of halogens is 6. The SMILES string of the molecule is O=C(Nc1cccc(C(F)(F)F)c1)NC1CCN(c2cc(C(F)(F)F)nc(-c3ccncc3)n2)C1. The van der Waals surface area contributed by atoms with E-state index < -0.39 is 35.7 Å². The van der Waals surface area contributed by atoms with E-state index in [4.69, 9.17) is 0 Å². The van der Waals surface area contributed by atoms with E-state index in [1.165, 1.54) is 36.7 Å². The van der Waals surface area contributed by atoms with Gasteiger partial charge in [-0.1, -0.05) is 6.07 Å². The van der Waals surface area contributed by atoms with Gasteiger partial charge in [-0.2, -0.15) is 26.3 Å². The van der Waals surface area contributed by atoms with Crippen molar-refractivity contribution in [3.8, 4) is 11.4 Å². The van der Waals surface area contributed by atoms with Gasteiger partial charge in [0.2, 0.25) is 0 Å². The molecule has 0 spiro atoms. The molecule has 3 aromatic rings. The Labute approximate surface area is 195 Å². The van der Waals surface area contributed by atoms with Crippen LogP contribution in [0.15, 0.2) is 54.9 Å². The lowest BCUT2D eigenvalue weighted by atomic mass is 10.2. The second kappa shape index (κ2) is 9.39. The molecule has 2 N–H and O–H groups in total. The molecule has 1 fully saturated rings. The lowest BCUT2D eigenvalue weighted by Gasteiger charge is -2.20. The molecule has 0 saturated carbocycles. The third-order valence-electron chi connectivity index (χ3n) is 5.24. The normalized spacial score (nSPS) is 16.3. The molecule has 13 heteroatoms. The molecule has 35 heavy (non-hydrogen) atoms. The Bertz CT molecular complexity index is 1200. The number of rotatable bonds is 4. The van der Waals surface area contributed by atoms with Gasteiger partial charge in [0.25, 0.3) is 0 Å². The van der Waals surface area contributed by atoms with Crippen molar-refractivity contribution in [3.63, 3.8) is 0 Å². The Morgan fingerprint density at radius 2 is 1.71 bits per heavy atom. The van der Waals surface area contributed by atoms with Gasteiger partial charge >= 0.3 is 18.4 Å². The van der Waals surface area contributed by atoms with Gasteiger partial charge in [0.15, 0.2) is 11.5 Å². The van der Waals surface area contributed by atoms with Crippen molar-refractivity contribution in [1.82, 2.24) is 20.3 Å². The Morgan fingerprint density at radius 3 is 2.40 bits per heavy atom. The maximum absolute atomic E-state index is 13.5. The van der Waals surface area contributed by atoms with Crippen LogP contribution in [0.25, 0.3) is 11.4 Å². The highest BCUT2D eigenvalue weighted by Crippen LogP contribution is 2.33. The van der Waals surface area contributed by atoms with Crippen LogP contribution < -0.4 is 15.5 Å². The number of hydrogen-bond donors (Lipinski definition) is 2. The molecule has 184 valence electrons. The summed E-state index contributed by atoms with van der Waals surface area (Å²) < 4.78 is 78.9. The summed E-state index contributed by atoms with van der Waals surface area (Å²) in [4.78, 5) is 25.6. The van der Waals surface area contributed by atoms with E-state index >= 15 is 0 Å². The van der Waals surface area contributed by atoms with Crippen LogP contribution in [0.2, 0.25) is 0 Å². The van der Waals surface area contributed by atoms with Gasteiger partial charge in [-0.05, 0) is 36.8 Å². The number of carbonyl (C=O) groups excluding carboxylic acids is 1. The predicted molar refractivity (Wildman–Crippen MR) is 114 cm³/mol. The van der Waals surface area contributed by atoms with Crippen molar-refractivity contribution in [2.75, 3.05) is 23.3 Å². The third-order valence-corrected chi connectivity index (χ3v) is 5.24. The Hall–Kier alpha value is -3.90. The number of anilines is 2. The Kier molecular flexibility index (Phi) is 6.50. The summed E-state index contributed by atoms with van der Waals surface area (Å²) >= 11 is 0. The average Bonchev–Trinajstić information content (AvgIpc) is 3.27. The minimum atomic E-state index is -4.69. The molecule has 2 amide bonds. The van der Waals surface area contributed by atoms with Crippen molar-refractivity contribution in [3.05, 3.63) is 66.1 Å². The largest absolute Gasteiger partial charge is 0.433 e. The first-order valence-electron chi connectivity index (χ1n) is 10.4. The topological polar surface area (TPSA) is 83.0 Å². The molecule has 0 radical (unpaired) electrons. The molecule has 0 aliphatic carbocycles. The van der Waals surface area contributed by atoms with Crippen LogP contribution in [-0.2, 0) is 12.4 Å². The molecule has 1 unspecified atom stereocenters. The van der Waals surface area contributed by atoms with Gasteiger partial charge in [-0.15, -0.1) is 0 Å². The number of urea groups is 1. The molecular formula is C22H18F6N6O. The summed E-state index contributed by atoms with van der Waals surface area (Å²) in [6, 6.07) is 6.81. The number of alkyl halides is 6. The van der Waals surface area contributed by atoms with Gasteiger partial charge in [0, 0.05) is 48.8 Å². The number of hydrogen-bond acceptors (Lipinski definition) is 5. The van der Waals surface area contributed by atoms with E-state index in [-0.39, 0.29) is 23.9 Å². The fraction of sp³-hybridized carbons (Fsp3) is 0.273. The first kappa shape index (κ1) is 24.2. The summed E-state index contributed by atoms with van der Waals surface area (Å²) in [5.74, 6) is -0.0716. The summed E-state index contributed by atoms with van der Waals surface area (Å²) in [5.41, 5.74) is -1.69. The maximum Gasteiger partial charge on any atom is 0.433 e. The van der Waals surface area contributed by atoms with Crippen LogP contribution in [-0.4, -0.2) is 40.1 Å². The number of benzene rings is 1. The fourth-order valence-electron chi connectivity index (χ4n) is 3.58. The molecule has 3 heterocycles. The van der Waals surface area contributed by atoms with E-state index in [0.29, 0.717) is 18.5 Å². The molecule has 1 saturated heterocycles. The zero-order valence-corrected chi connectivity index (χ0v) is 17.9. The second-order valence-electron chi connectivity index (χ2n) is 7.78. The number of nitrogens with one attached hydrogen (secondary N) is 2. The molecule has 1 aliphatic rings. The lowest BCUT2D eigenvalue weighted by Crippen LogP contribution is -2.39. The van der Waals surface area contributed by atoms with Gasteiger partial charge in [0.05, 0.1) is 5.56 Å². The highest BCUT2D eigenvalue weighted by atomic mass is 19.4. The number of carbonyl (C=O) groups is 1. The predicted octanol–water partition coefficient (Wildman–Crippen LogP) is 4.98. The Morgan fingerprint density at radius 1 is 0.971 bits per heavy atom. The molecule has 0 bridgehead atoms. The number of nitrogens with zero attached hydrogens (tertiary/aromatic N) is 4. The molecule has 1 aromatic carbocycles. The zero-order chi connectivity index (χ0) is 25.2. The van der Waals surface area contributed by atoms with E-state index in [9.17, 15) is 31.1 Å². The first-order chi connectivity index (χ1) is 16.5. The van der Waals surface area contributed by atoms with Crippen LogP contribution >= 0.6 is 0 Å². The van der Waals surface area contributed by atoms with E-state index in [1.807, 2.05) is 0 Å². The van der Waals surface area contributed by atoms with E-state index in [2.05, 4.69) is 25.6 Å². The number of aromatic nitrogens is 3. The minimum Gasteiger partial charge on any atom is -0.354 e. The highest BCUT2D eigenvalue weighted by Gasteiger charge is 2.35. The maximum atomic E-state index is 13.5. The summed E-state index contributed by atoms with van der Waals surface area (Å²) in [7, 11) is 0. The van der Waals surface area contributed by atoms with Gasteiger partial charge in [0.1, 0.15) is 5.82 Å². The molecule has 2 aromatic heterocycles. The smallest absolute Gasteiger partial charge is 0.354 e. The van der Waals surface area contributed by atoms with Crippen LogP contribution in [0, 0.1) is 0 Å². The standard InChI is InChI=1S/C22H18F6N6O/c23-21(24,25)14-2-1-3-15(10-14)30-20(35)31-16-6-9-34(12-16)18-11-17(22(26,27)28)32-19(33-18)13-4-7-29-8-5-13/h1-5,7-8,10-11,16H,6,9,12H2,(H2,30,31,35). The van der Waals surface area contributed by atoms with Gasteiger partial charge in [-0.3, -0.25) is 4.98 Å². The summed E-state index contributed by atoms with van der Waals surface area (Å²) in [6.45, 7) is 0.457. The van der Waals surface area contributed by atoms with Crippen molar-refractivity contribution < 1.29 is 31.1 Å². The highest BCUT2D eigenvalue weighted by molar-refractivity contribution is 5.89. The fourth-order valence-corrected chi connectivity index (χ4v) is 3.58. The lowest BCUT2D eigenvalue weighted by molar-refractivity contribution is -0.141. The minimum absolute atomic E-state index is 0.0419. The van der Waals surface area contributed by atoms with Crippen LogP contribution in [0.5, 0.6) is 0 Å². The van der Waals surface area contributed by atoms with Crippen LogP contribution in [0.4, 0.5) is 42.6 Å². The van der Waals surface area contributed by atoms with E-state index in [0.717, 1.165) is 18.2 Å². The van der Waals surface area contributed by atoms with Gasteiger partial charge in [-0.25, -0.2) is 14.8 Å². The molecule has 4 rings (SSSR count). The molecule has 1 aliphatic heterocycles. The average molecular weight is 496 g/mol. The van der Waals surface area contributed by atoms with Crippen LogP contribution in [0.3, 0.4) is 0 Å². The zero-order valence-electron chi connectivity index (χ0n) is 17.9. The Balaban J connectivity index is 1.46.